The third kappa shape index (κ3) is 6.47. The van der Waals surface area contributed by atoms with E-state index in [1.165, 1.54) is 24.1 Å². The number of carboxylic acids is 1. The van der Waals surface area contributed by atoms with Gasteiger partial charge >= 0.3 is 18.2 Å². The van der Waals surface area contributed by atoms with Crippen LogP contribution in [0.3, 0.4) is 0 Å². The molecule has 0 aliphatic heterocycles. The summed E-state index contributed by atoms with van der Waals surface area (Å²) in [5, 5.41) is 11.4. The Morgan fingerprint density at radius 2 is 2.00 bits per heavy atom. The number of nitrogens with one attached hydrogen (secondary N) is 1. The van der Waals surface area contributed by atoms with Crippen molar-refractivity contribution >= 4 is 12.0 Å². The molecular weight excluding hydrogens is 325 g/mol. The van der Waals surface area contributed by atoms with Crippen molar-refractivity contribution < 1.29 is 27.9 Å². The van der Waals surface area contributed by atoms with Crippen LogP contribution in [0.5, 0.6) is 0 Å². The highest BCUT2D eigenvalue weighted by molar-refractivity contribution is 5.75. The van der Waals surface area contributed by atoms with Gasteiger partial charge in [-0.3, -0.25) is 4.79 Å². The van der Waals surface area contributed by atoms with E-state index in [4.69, 9.17) is 5.11 Å². The molecule has 1 atom stereocenters. The van der Waals surface area contributed by atoms with Crippen molar-refractivity contribution in [3.8, 4) is 0 Å². The SMILES string of the molecule is CCCC(CC(=O)O)NC(=O)N(C)Cc1cccc(C(F)(F)F)c1. The average Bonchev–Trinajstić information content (AvgIpc) is 2.46. The van der Waals surface area contributed by atoms with Crippen molar-refractivity contribution in [2.75, 3.05) is 7.05 Å². The second kappa shape index (κ2) is 8.56. The summed E-state index contributed by atoms with van der Waals surface area (Å²) in [6, 6.07) is 3.71. The van der Waals surface area contributed by atoms with Crippen molar-refractivity contribution in [1.29, 1.82) is 0 Å². The Balaban J connectivity index is 2.71. The van der Waals surface area contributed by atoms with E-state index in [2.05, 4.69) is 5.32 Å². The third-order valence-electron chi connectivity index (χ3n) is 3.41. The number of alkyl halides is 3. The van der Waals surface area contributed by atoms with Crippen LogP contribution >= 0.6 is 0 Å². The Kier molecular flexibility index (Phi) is 7.06. The molecule has 8 heteroatoms. The number of halogens is 3. The van der Waals surface area contributed by atoms with Crippen LogP contribution in [0.4, 0.5) is 18.0 Å². The summed E-state index contributed by atoms with van der Waals surface area (Å²) in [7, 11) is 1.44. The van der Waals surface area contributed by atoms with Crippen LogP contribution in [-0.2, 0) is 17.5 Å². The molecule has 24 heavy (non-hydrogen) atoms. The smallest absolute Gasteiger partial charge is 0.416 e. The lowest BCUT2D eigenvalue weighted by Gasteiger charge is -2.23. The summed E-state index contributed by atoms with van der Waals surface area (Å²) in [4.78, 5) is 24.1. The summed E-state index contributed by atoms with van der Waals surface area (Å²) in [6.45, 7) is 1.86. The first-order valence-electron chi connectivity index (χ1n) is 7.53. The molecule has 0 heterocycles. The molecule has 0 spiro atoms. The molecule has 0 aromatic heterocycles. The zero-order chi connectivity index (χ0) is 18.3. The van der Waals surface area contributed by atoms with Crippen molar-refractivity contribution in [2.45, 2.75) is 44.9 Å². The minimum absolute atomic E-state index is 0.0122. The summed E-state index contributed by atoms with van der Waals surface area (Å²) in [5.74, 6) is -1.02. The van der Waals surface area contributed by atoms with E-state index >= 15 is 0 Å². The fraction of sp³-hybridized carbons (Fsp3) is 0.500. The van der Waals surface area contributed by atoms with Gasteiger partial charge in [-0.25, -0.2) is 4.79 Å². The Hall–Kier alpha value is -2.25. The number of benzene rings is 1. The monoisotopic (exact) mass is 346 g/mol. The maximum absolute atomic E-state index is 12.7. The van der Waals surface area contributed by atoms with Crippen molar-refractivity contribution in [2.24, 2.45) is 0 Å². The quantitative estimate of drug-likeness (QED) is 0.794. The molecule has 0 radical (unpaired) electrons. The first kappa shape index (κ1) is 19.8. The molecule has 1 aromatic rings. The van der Waals surface area contributed by atoms with Crippen LogP contribution in [0.25, 0.3) is 0 Å². The molecule has 1 aromatic carbocycles. The van der Waals surface area contributed by atoms with E-state index in [0.717, 1.165) is 12.1 Å². The Bertz CT molecular complexity index is 576. The number of rotatable bonds is 7. The number of urea groups is 1. The molecular formula is C16H21F3N2O3. The third-order valence-corrected chi connectivity index (χ3v) is 3.41. The van der Waals surface area contributed by atoms with Gasteiger partial charge in [-0.1, -0.05) is 25.5 Å². The van der Waals surface area contributed by atoms with Crippen molar-refractivity contribution in [1.82, 2.24) is 10.2 Å². The van der Waals surface area contributed by atoms with Gasteiger partial charge in [0.2, 0.25) is 0 Å². The molecule has 0 saturated heterocycles. The highest BCUT2D eigenvalue weighted by atomic mass is 19.4. The lowest BCUT2D eigenvalue weighted by atomic mass is 10.1. The molecule has 0 saturated carbocycles. The number of nitrogens with zero attached hydrogens (tertiary/aromatic N) is 1. The van der Waals surface area contributed by atoms with Gasteiger partial charge in [0.05, 0.1) is 12.0 Å². The molecule has 2 amide bonds. The summed E-state index contributed by atoms with van der Waals surface area (Å²) in [5.41, 5.74) is -0.434. The number of hydrogen-bond donors (Lipinski definition) is 2. The van der Waals surface area contributed by atoms with Gasteiger partial charge < -0.3 is 15.3 Å². The van der Waals surface area contributed by atoms with Gasteiger partial charge in [0.1, 0.15) is 0 Å². The van der Waals surface area contributed by atoms with Gasteiger partial charge in [0.15, 0.2) is 0 Å². The molecule has 5 nitrogen and oxygen atoms in total. The Morgan fingerprint density at radius 1 is 1.33 bits per heavy atom. The second-order valence-electron chi connectivity index (χ2n) is 5.59. The van der Waals surface area contributed by atoms with E-state index in [1.54, 1.807) is 0 Å². The first-order valence-corrected chi connectivity index (χ1v) is 7.53. The molecule has 2 N–H and O–H groups in total. The fourth-order valence-electron chi connectivity index (χ4n) is 2.26. The lowest BCUT2D eigenvalue weighted by Crippen LogP contribution is -2.43. The number of carboxylic acid groups (broad SMARTS) is 1. The minimum atomic E-state index is -4.44. The standard InChI is InChI=1S/C16H21F3N2O3/c1-3-5-13(9-14(22)23)20-15(24)21(2)10-11-6-4-7-12(8-11)16(17,18)19/h4,6-8,13H,3,5,9-10H2,1-2H3,(H,20,24)(H,22,23). The maximum Gasteiger partial charge on any atom is 0.416 e. The van der Waals surface area contributed by atoms with E-state index in [0.29, 0.717) is 18.4 Å². The van der Waals surface area contributed by atoms with Crippen molar-refractivity contribution in [3.63, 3.8) is 0 Å². The van der Waals surface area contributed by atoms with Gasteiger partial charge in [0, 0.05) is 19.6 Å². The van der Waals surface area contributed by atoms with Crippen LogP contribution in [-0.4, -0.2) is 35.1 Å². The number of amides is 2. The molecule has 134 valence electrons. The zero-order valence-electron chi connectivity index (χ0n) is 13.6. The average molecular weight is 346 g/mol. The van der Waals surface area contributed by atoms with Gasteiger partial charge in [-0.2, -0.15) is 13.2 Å². The summed E-state index contributed by atoms with van der Waals surface area (Å²) < 4.78 is 38.1. The lowest BCUT2D eigenvalue weighted by molar-refractivity contribution is -0.138. The number of carbonyl (C=O) groups is 2. The number of aliphatic carboxylic acids is 1. The molecule has 0 aliphatic rings. The number of hydrogen-bond acceptors (Lipinski definition) is 2. The Morgan fingerprint density at radius 3 is 2.54 bits per heavy atom. The minimum Gasteiger partial charge on any atom is -0.481 e. The van der Waals surface area contributed by atoms with Gasteiger partial charge in [-0.15, -0.1) is 0 Å². The predicted octanol–water partition coefficient (Wildman–Crippen LogP) is 3.49. The predicted molar refractivity (Wildman–Crippen MR) is 82.4 cm³/mol. The molecule has 0 aliphatic carbocycles. The maximum atomic E-state index is 12.7. The molecule has 1 unspecified atom stereocenters. The second-order valence-corrected chi connectivity index (χ2v) is 5.59. The van der Waals surface area contributed by atoms with Crippen LogP contribution in [0, 0.1) is 0 Å². The molecule has 1 rings (SSSR count). The van der Waals surface area contributed by atoms with Crippen molar-refractivity contribution in [3.05, 3.63) is 35.4 Å². The fourth-order valence-corrected chi connectivity index (χ4v) is 2.26. The van der Waals surface area contributed by atoms with E-state index in [-0.39, 0.29) is 13.0 Å². The normalized spacial score (nSPS) is 12.5. The number of carbonyl (C=O) groups excluding carboxylic acids is 1. The van der Waals surface area contributed by atoms with E-state index in [1.807, 2.05) is 6.92 Å². The first-order chi connectivity index (χ1) is 11.1. The summed E-state index contributed by atoms with van der Waals surface area (Å²) >= 11 is 0. The van der Waals surface area contributed by atoms with E-state index < -0.39 is 29.8 Å². The highest BCUT2D eigenvalue weighted by Crippen LogP contribution is 2.29. The van der Waals surface area contributed by atoms with Gasteiger partial charge in [0.25, 0.3) is 0 Å². The van der Waals surface area contributed by atoms with Gasteiger partial charge in [-0.05, 0) is 24.1 Å². The van der Waals surface area contributed by atoms with Crippen LogP contribution in [0.15, 0.2) is 24.3 Å². The Labute approximate surface area is 138 Å². The largest absolute Gasteiger partial charge is 0.481 e. The highest BCUT2D eigenvalue weighted by Gasteiger charge is 2.30. The van der Waals surface area contributed by atoms with Crippen LogP contribution in [0.1, 0.15) is 37.3 Å². The topological polar surface area (TPSA) is 69.6 Å². The molecule has 0 fully saturated rings. The molecule has 0 bridgehead atoms. The van der Waals surface area contributed by atoms with Crippen LogP contribution in [0.2, 0.25) is 0 Å². The summed E-state index contributed by atoms with van der Waals surface area (Å²) in [6.07, 6.45) is -3.42. The van der Waals surface area contributed by atoms with Crippen LogP contribution < -0.4 is 5.32 Å². The van der Waals surface area contributed by atoms with E-state index in [9.17, 15) is 22.8 Å². The zero-order valence-corrected chi connectivity index (χ0v) is 13.6.